The average Bonchev–Trinajstić information content (AvgIpc) is 3.04. The van der Waals surface area contributed by atoms with Crippen molar-refractivity contribution in [1.29, 1.82) is 0 Å². The minimum Gasteiger partial charge on any atom is -0.480 e. The molecule has 0 saturated carbocycles. The van der Waals surface area contributed by atoms with Crippen LogP contribution in [0.4, 0.5) is 0 Å². The Labute approximate surface area is 146 Å². The van der Waals surface area contributed by atoms with Crippen LogP contribution in [0.2, 0.25) is 0 Å². The number of hydrogen-bond donors (Lipinski definition) is 2. The second kappa shape index (κ2) is 9.51. The maximum atomic E-state index is 12.1. The third-order valence-corrected chi connectivity index (χ3v) is 3.86. The average molecular weight is 345 g/mol. The molecular weight excluding hydrogens is 322 g/mol. The number of carbonyl (C=O) groups is 2. The third-order valence-electron chi connectivity index (χ3n) is 3.86. The van der Waals surface area contributed by atoms with E-state index < -0.39 is 12.0 Å². The third kappa shape index (κ3) is 5.98. The maximum Gasteiger partial charge on any atom is 0.326 e. The highest BCUT2D eigenvalue weighted by molar-refractivity contribution is 5.84. The first-order valence-corrected chi connectivity index (χ1v) is 8.41. The predicted molar refractivity (Wildman–Crippen MR) is 90.8 cm³/mol. The van der Waals surface area contributed by atoms with E-state index in [0.29, 0.717) is 18.8 Å². The lowest BCUT2D eigenvalue weighted by Gasteiger charge is -2.13. The van der Waals surface area contributed by atoms with E-state index in [0.717, 1.165) is 24.8 Å². The molecule has 2 aromatic rings. The highest BCUT2D eigenvalue weighted by Gasteiger charge is 2.20. The summed E-state index contributed by atoms with van der Waals surface area (Å²) in [5.74, 6) is -0.988. The molecule has 1 atom stereocenters. The van der Waals surface area contributed by atoms with Crippen molar-refractivity contribution in [3.05, 3.63) is 41.7 Å². The van der Waals surface area contributed by atoms with Crippen LogP contribution in [0, 0.1) is 0 Å². The van der Waals surface area contributed by atoms with Gasteiger partial charge in [-0.15, -0.1) is 5.10 Å². The number of aryl methyl sites for hydroxylation is 2. The number of aromatic nitrogens is 4. The number of nitrogens with zero attached hydrogens (tertiary/aromatic N) is 4. The number of aliphatic carboxylic acids is 1. The Morgan fingerprint density at radius 2 is 2.04 bits per heavy atom. The van der Waals surface area contributed by atoms with Gasteiger partial charge in [0.2, 0.25) is 5.91 Å². The van der Waals surface area contributed by atoms with Crippen LogP contribution >= 0.6 is 0 Å². The summed E-state index contributed by atoms with van der Waals surface area (Å²) in [7, 11) is 0. The SMILES string of the molecule is CCCCC(NC(=O)Cc1nnnn1CCc1ccccc1)C(=O)O. The molecule has 0 aliphatic heterocycles. The maximum absolute atomic E-state index is 12.1. The van der Waals surface area contributed by atoms with Crippen LogP contribution in [0.25, 0.3) is 0 Å². The number of carboxylic acid groups (broad SMARTS) is 1. The Morgan fingerprint density at radius 3 is 2.72 bits per heavy atom. The van der Waals surface area contributed by atoms with Crippen LogP contribution in [0.5, 0.6) is 0 Å². The lowest BCUT2D eigenvalue weighted by Crippen LogP contribution is -2.41. The zero-order chi connectivity index (χ0) is 18.1. The van der Waals surface area contributed by atoms with Crippen molar-refractivity contribution in [2.75, 3.05) is 0 Å². The molecular formula is C17H23N5O3. The van der Waals surface area contributed by atoms with Gasteiger partial charge in [-0.2, -0.15) is 0 Å². The minimum atomic E-state index is -1.02. The fourth-order valence-corrected chi connectivity index (χ4v) is 2.46. The quantitative estimate of drug-likeness (QED) is 0.670. The fourth-order valence-electron chi connectivity index (χ4n) is 2.46. The molecule has 1 aromatic heterocycles. The van der Waals surface area contributed by atoms with Crippen LogP contribution < -0.4 is 5.32 Å². The minimum absolute atomic E-state index is 0.0440. The number of amides is 1. The number of benzene rings is 1. The zero-order valence-corrected chi connectivity index (χ0v) is 14.3. The molecule has 8 heteroatoms. The highest BCUT2D eigenvalue weighted by Crippen LogP contribution is 2.04. The van der Waals surface area contributed by atoms with Gasteiger partial charge in [0.1, 0.15) is 6.04 Å². The van der Waals surface area contributed by atoms with Crippen molar-refractivity contribution in [2.45, 2.75) is 51.6 Å². The Balaban J connectivity index is 1.90. The van der Waals surface area contributed by atoms with Gasteiger partial charge in [-0.05, 0) is 28.8 Å². The number of tetrazole rings is 1. The molecule has 0 spiro atoms. The van der Waals surface area contributed by atoms with Crippen molar-refractivity contribution in [1.82, 2.24) is 25.5 Å². The van der Waals surface area contributed by atoms with Crippen molar-refractivity contribution >= 4 is 11.9 Å². The molecule has 0 aliphatic rings. The normalized spacial score (nSPS) is 11.9. The molecule has 1 unspecified atom stereocenters. The first-order valence-electron chi connectivity index (χ1n) is 8.41. The molecule has 0 fully saturated rings. The van der Waals surface area contributed by atoms with Crippen LogP contribution in [0.1, 0.15) is 37.6 Å². The van der Waals surface area contributed by atoms with E-state index in [4.69, 9.17) is 0 Å². The second-order valence-corrected chi connectivity index (χ2v) is 5.83. The Kier molecular flexibility index (Phi) is 7.06. The van der Waals surface area contributed by atoms with Crippen LogP contribution in [0.3, 0.4) is 0 Å². The molecule has 1 heterocycles. The molecule has 2 N–H and O–H groups in total. The fraction of sp³-hybridized carbons (Fsp3) is 0.471. The highest BCUT2D eigenvalue weighted by atomic mass is 16.4. The molecule has 0 radical (unpaired) electrons. The summed E-state index contributed by atoms with van der Waals surface area (Å²) < 4.78 is 1.58. The largest absolute Gasteiger partial charge is 0.480 e. The number of nitrogens with one attached hydrogen (secondary N) is 1. The summed E-state index contributed by atoms with van der Waals surface area (Å²) in [5, 5.41) is 23.1. The van der Waals surface area contributed by atoms with Gasteiger partial charge in [0.25, 0.3) is 0 Å². The number of unbranched alkanes of at least 4 members (excludes halogenated alkanes) is 1. The molecule has 0 bridgehead atoms. The summed E-state index contributed by atoms with van der Waals surface area (Å²) >= 11 is 0. The first kappa shape index (κ1) is 18.6. The van der Waals surface area contributed by atoms with Crippen molar-refractivity contribution in [3.8, 4) is 0 Å². The smallest absolute Gasteiger partial charge is 0.326 e. The molecule has 25 heavy (non-hydrogen) atoms. The summed E-state index contributed by atoms with van der Waals surface area (Å²) in [5.41, 5.74) is 1.15. The molecule has 1 amide bonds. The van der Waals surface area contributed by atoms with Crippen molar-refractivity contribution < 1.29 is 14.7 Å². The van der Waals surface area contributed by atoms with E-state index in [2.05, 4.69) is 20.8 Å². The van der Waals surface area contributed by atoms with Gasteiger partial charge in [0, 0.05) is 6.54 Å². The van der Waals surface area contributed by atoms with E-state index in [-0.39, 0.29) is 12.3 Å². The van der Waals surface area contributed by atoms with E-state index >= 15 is 0 Å². The van der Waals surface area contributed by atoms with Gasteiger partial charge in [-0.1, -0.05) is 50.1 Å². The summed E-state index contributed by atoms with van der Waals surface area (Å²) in [6, 6.07) is 9.04. The van der Waals surface area contributed by atoms with Crippen LogP contribution in [0.15, 0.2) is 30.3 Å². The number of rotatable bonds is 10. The number of carboxylic acids is 1. The summed E-state index contributed by atoms with van der Waals surface area (Å²) in [6.45, 7) is 2.53. The number of carbonyl (C=O) groups excluding carboxylic acids is 1. The molecule has 1 aromatic carbocycles. The van der Waals surface area contributed by atoms with Gasteiger partial charge in [-0.25, -0.2) is 9.48 Å². The standard InChI is InChI=1S/C17H23N5O3/c1-2-3-9-14(17(24)25)18-16(23)12-15-19-20-21-22(15)11-10-13-7-5-4-6-8-13/h4-8,14H,2-3,9-12H2,1H3,(H,18,23)(H,24,25). The summed E-state index contributed by atoms with van der Waals surface area (Å²) in [4.78, 5) is 23.3. The second-order valence-electron chi connectivity index (χ2n) is 5.83. The Bertz CT molecular complexity index is 687. The molecule has 8 nitrogen and oxygen atoms in total. The van der Waals surface area contributed by atoms with Gasteiger partial charge in [0.15, 0.2) is 5.82 Å². The predicted octanol–water partition coefficient (Wildman–Crippen LogP) is 1.22. The van der Waals surface area contributed by atoms with E-state index in [9.17, 15) is 14.7 Å². The number of hydrogen-bond acceptors (Lipinski definition) is 5. The Hall–Kier alpha value is -2.77. The summed E-state index contributed by atoms with van der Waals surface area (Å²) in [6.07, 6.45) is 2.73. The zero-order valence-electron chi connectivity index (χ0n) is 14.3. The van der Waals surface area contributed by atoms with Crippen molar-refractivity contribution in [2.24, 2.45) is 0 Å². The molecule has 0 aliphatic carbocycles. The first-order chi connectivity index (χ1) is 12.1. The molecule has 2 rings (SSSR count). The Morgan fingerprint density at radius 1 is 1.28 bits per heavy atom. The van der Waals surface area contributed by atoms with Gasteiger partial charge >= 0.3 is 5.97 Å². The monoisotopic (exact) mass is 345 g/mol. The van der Waals surface area contributed by atoms with Gasteiger partial charge < -0.3 is 10.4 Å². The lowest BCUT2D eigenvalue weighted by molar-refractivity contribution is -0.142. The van der Waals surface area contributed by atoms with E-state index in [1.54, 1.807) is 4.68 Å². The van der Waals surface area contributed by atoms with Crippen molar-refractivity contribution in [3.63, 3.8) is 0 Å². The molecule has 0 saturated heterocycles. The van der Waals surface area contributed by atoms with Gasteiger partial charge in [-0.3, -0.25) is 4.79 Å². The topological polar surface area (TPSA) is 110 Å². The lowest BCUT2D eigenvalue weighted by atomic mass is 10.1. The van der Waals surface area contributed by atoms with Crippen LogP contribution in [-0.2, 0) is 29.0 Å². The van der Waals surface area contributed by atoms with Crippen LogP contribution in [-0.4, -0.2) is 43.2 Å². The van der Waals surface area contributed by atoms with E-state index in [1.807, 2.05) is 37.3 Å². The van der Waals surface area contributed by atoms with E-state index in [1.165, 1.54) is 0 Å². The van der Waals surface area contributed by atoms with Gasteiger partial charge in [0.05, 0.1) is 6.42 Å². The molecule has 134 valence electrons.